The van der Waals surface area contributed by atoms with Crippen LogP contribution in [0, 0.1) is 0 Å². The Morgan fingerprint density at radius 2 is 2.33 bits per heavy atom. The molecule has 0 saturated carbocycles. The summed E-state index contributed by atoms with van der Waals surface area (Å²) in [5.41, 5.74) is 0.555. The van der Waals surface area contributed by atoms with Crippen molar-refractivity contribution in [2.24, 2.45) is 0 Å². The molecule has 15 heavy (non-hydrogen) atoms. The molecule has 0 aliphatic carbocycles. The highest BCUT2D eigenvalue weighted by molar-refractivity contribution is 9.09. The van der Waals surface area contributed by atoms with E-state index >= 15 is 0 Å². The number of amides is 1. The van der Waals surface area contributed by atoms with Crippen molar-refractivity contribution in [3.63, 3.8) is 0 Å². The van der Waals surface area contributed by atoms with Crippen LogP contribution in [-0.2, 0) is 4.79 Å². The van der Waals surface area contributed by atoms with Crippen molar-refractivity contribution in [3.05, 3.63) is 18.2 Å². The number of ether oxygens (including phenoxy) is 1. The first-order valence-corrected chi connectivity index (χ1v) is 5.52. The maximum absolute atomic E-state index is 11.2. The number of phenols is 1. The number of phenolic OH excluding ortho intramolecular Hbond substituents is 1. The maximum Gasteiger partial charge on any atom is 0.225 e. The molecule has 82 valence electrons. The third kappa shape index (κ3) is 3.43. The van der Waals surface area contributed by atoms with Crippen molar-refractivity contribution in [1.82, 2.24) is 0 Å². The fraction of sp³-hybridized carbons (Fsp3) is 0.300. The summed E-state index contributed by atoms with van der Waals surface area (Å²) < 4.78 is 4.88. The van der Waals surface area contributed by atoms with Crippen LogP contribution in [0.4, 0.5) is 5.69 Å². The van der Waals surface area contributed by atoms with Crippen LogP contribution in [0.3, 0.4) is 0 Å². The van der Waals surface area contributed by atoms with Crippen LogP contribution in [-0.4, -0.2) is 23.5 Å². The first-order chi connectivity index (χ1) is 7.17. The van der Waals surface area contributed by atoms with Crippen LogP contribution in [0.2, 0.25) is 0 Å². The zero-order valence-electron chi connectivity index (χ0n) is 8.29. The second kappa shape index (κ2) is 5.60. The van der Waals surface area contributed by atoms with Crippen molar-refractivity contribution in [2.45, 2.75) is 6.42 Å². The lowest BCUT2D eigenvalue weighted by Gasteiger charge is -2.07. The minimum Gasteiger partial charge on any atom is -0.504 e. The molecule has 0 atom stereocenters. The highest BCUT2D eigenvalue weighted by Crippen LogP contribution is 2.28. The topological polar surface area (TPSA) is 58.6 Å². The largest absolute Gasteiger partial charge is 0.504 e. The van der Waals surface area contributed by atoms with Gasteiger partial charge in [0.2, 0.25) is 5.91 Å². The quantitative estimate of drug-likeness (QED) is 0.827. The van der Waals surface area contributed by atoms with Gasteiger partial charge in [0.25, 0.3) is 0 Å². The molecular weight excluding hydrogens is 262 g/mol. The van der Waals surface area contributed by atoms with Gasteiger partial charge in [-0.1, -0.05) is 15.9 Å². The molecule has 0 fully saturated rings. The van der Waals surface area contributed by atoms with Crippen molar-refractivity contribution in [1.29, 1.82) is 0 Å². The van der Waals surface area contributed by atoms with Gasteiger partial charge >= 0.3 is 0 Å². The van der Waals surface area contributed by atoms with Gasteiger partial charge in [0, 0.05) is 23.5 Å². The van der Waals surface area contributed by atoms with Crippen LogP contribution >= 0.6 is 15.9 Å². The molecule has 0 unspecified atom stereocenters. The summed E-state index contributed by atoms with van der Waals surface area (Å²) in [4.78, 5) is 11.2. The Morgan fingerprint density at radius 1 is 1.60 bits per heavy atom. The van der Waals surface area contributed by atoms with Crippen LogP contribution < -0.4 is 10.1 Å². The van der Waals surface area contributed by atoms with Crippen molar-refractivity contribution < 1.29 is 14.6 Å². The zero-order valence-corrected chi connectivity index (χ0v) is 9.87. The summed E-state index contributed by atoms with van der Waals surface area (Å²) in [7, 11) is 1.47. The highest BCUT2D eigenvalue weighted by Gasteiger charge is 2.05. The summed E-state index contributed by atoms with van der Waals surface area (Å²) in [6, 6.07) is 4.72. The lowest BCUT2D eigenvalue weighted by Crippen LogP contribution is -2.11. The molecule has 0 aromatic heterocycles. The number of carbonyl (C=O) groups excluding carboxylic acids is 1. The fourth-order valence-corrected chi connectivity index (χ4v) is 1.44. The molecule has 2 N–H and O–H groups in total. The van der Waals surface area contributed by atoms with Gasteiger partial charge in [-0.15, -0.1) is 0 Å². The Morgan fingerprint density at radius 3 is 2.87 bits per heavy atom. The Bertz CT molecular complexity index is 355. The summed E-state index contributed by atoms with van der Waals surface area (Å²) in [5, 5.41) is 12.7. The van der Waals surface area contributed by atoms with Gasteiger partial charge in [0.1, 0.15) is 0 Å². The molecule has 1 aromatic rings. The van der Waals surface area contributed by atoms with Gasteiger partial charge in [0.15, 0.2) is 11.5 Å². The van der Waals surface area contributed by atoms with E-state index in [0.717, 1.165) is 0 Å². The van der Waals surface area contributed by atoms with Crippen LogP contribution in [0.25, 0.3) is 0 Å². The van der Waals surface area contributed by atoms with Crippen LogP contribution in [0.5, 0.6) is 11.5 Å². The summed E-state index contributed by atoms with van der Waals surface area (Å²) in [6.07, 6.45) is 0.396. The molecule has 0 saturated heterocycles. The maximum atomic E-state index is 11.2. The normalized spacial score (nSPS) is 9.73. The second-order valence-corrected chi connectivity index (χ2v) is 3.67. The van der Waals surface area contributed by atoms with Gasteiger partial charge in [-0.3, -0.25) is 4.79 Å². The number of hydrogen-bond donors (Lipinski definition) is 2. The van der Waals surface area contributed by atoms with Gasteiger partial charge in [-0.2, -0.15) is 0 Å². The molecule has 0 heterocycles. The molecule has 1 rings (SSSR count). The van der Waals surface area contributed by atoms with Crippen molar-refractivity contribution in [2.75, 3.05) is 17.8 Å². The van der Waals surface area contributed by atoms with E-state index in [9.17, 15) is 9.90 Å². The van der Waals surface area contributed by atoms with Gasteiger partial charge in [-0.05, 0) is 12.1 Å². The lowest BCUT2D eigenvalue weighted by molar-refractivity contribution is -0.115. The Balaban J connectivity index is 2.71. The average molecular weight is 274 g/mol. The van der Waals surface area contributed by atoms with E-state index in [-0.39, 0.29) is 11.7 Å². The number of aromatic hydroxyl groups is 1. The molecule has 5 heteroatoms. The van der Waals surface area contributed by atoms with Crippen molar-refractivity contribution >= 4 is 27.5 Å². The van der Waals surface area contributed by atoms with E-state index in [2.05, 4.69) is 21.2 Å². The number of anilines is 1. The number of benzene rings is 1. The van der Waals surface area contributed by atoms with Crippen LogP contribution in [0.15, 0.2) is 18.2 Å². The van der Waals surface area contributed by atoms with Crippen LogP contribution in [0.1, 0.15) is 6.42 Å². The number of carbonyl (C=O) groups is 1. The predicted octanol–water partition coefficient (Wildman–Crippen LogP) is 2.12. The molecule has 0 aliphatic heterocycles. The van der Waals surface area contributed by atoms with Gasteiger partial charge in [0.05, 0.1) is 7.11 Å². The first-order valence-electron chi connectivity index (χ1n) is 4.40. The van der Waals surface area contributed by atoms with E-state index in [1.54, 1.807) is 12.1 Å². The van der Waals surface area contributed by atoms with Gasteiger partial charge in [-0.25, -0.2) is 0 Å². The molecule has 1 aromatic carbocycles. The number of rotatable bonds is 4. The number of hydrogen-bond acceptors (Lipinski definition) is 3. The number of methoxy groups -OCH3 is 1. The van der Waals surface area contributed by atoms with E-state index < -0.39 is 0 Å². The predicted molar refractivity (Wildman–Crippen MR) is 61.7 cm³/mol. The minimum atomic E-state index is -0.101. The average Bonchev–Trinajstić information content (AvgIpc) is 2.18. The van der Waals surface area contributed by atoms with E-state index in [1.165, 1.54) is 13.2 Å². The third-order valence-corrected chi connectivity index (χ3v) is 2.18. The lowest BCUT2D eigenvalue weighted by atomic mass is 10.2. The molecule has 4 nitrogen and oxygen atoms in total. The molecule has 0 aliphatic rings. The Kier molecular flexibility index (Phi) is 4.42. The standard InChI is InChI=1S/C10H12BrNO3/c1-15-9-3-2-7(6-8(9)13)12-10(14)4-5-11/h2-3,6,13H,4-5H2,1H3,(H,12,14). The van der Waals surface area contributed by atoms with E-state index in [1.807, 2.05) is 0 Å². The molecule has 0 spiro atoms. The second-order valence-electron chi connectivity index (χ2n) is 2.87. The molecule has 0 radical (unpaired) electrons. The molecular formula is C10H12BrNO3. The minimum absolute atomic E-state index is 0.00847. The SMILES string of the molecule is COc1ccc(NC(=O)CCBr)cc1O. The smallest absolute Gasteiger partial charge is 0.225 e. The highest BCUT2D eigenvalue weighted by atomic mass is 79.9. The third-order valence-electron chi connectivity index (χ3n) is 1.78. The summed E-state index contributed by atoms with van der Waals surface area (Å²) >= 11 is 3.17. The summed E-state index contributed by atoms with van der Waals surface area (Å²) in [6.45, 7) is 0. The van der Waals surface area contributed by atoms with Gasteiger partial charge < -0.3 is 15.2 Å². The number of alkyl halides is 1. The molecule has 0 bridgehead atoms. The number of halogens is 1. The van der Waals surface area contributed by atoms with E-state index in [4.69, 9.17) is 4.74 Å². The molecule has 1 amide bonds. The Labute approximate surface area is 96.4 Å². The Hall–Kier alpha value is -1.23. The summed E-state index contributed by atoms with van der Waals surface area (Å²) in [5.74, 6) is 0.291. The zero-order chi connectivity index (χ0) is 11.3. The van der Waals surface area contributed by atoms with Crippen molar-refractivity contribution in [3.8, 4) is 11.5 Å². The van der Waals surface area contributed by atoms with E-state index in [0.29, 0.717) is 23.2 Å². The number of nitrogens with one attached hydrogen (secondary N) is 1. The fourth-order valence-electron chi connectivity index (χ4n) is 1.08. The monoisotopic (exact) mass is 273 g/mol. The first kappa shape index (κ1) is 11.8.